The van der Waals surface area contributed by atoms with E-state index in [0.29, 0.717) is 0 Å². The second-order valence-electron chi connectivity index (χ2n) is 6.69. The van der Waals surface area contributed by atoms with E-state index in [-0.39, 0.29) is 17.9 Å². The number of hydrogen-bond acceptors (Lipinski definition) is 2. The molecule has 0 aliphatic carbocycles. The van der Waals surface area contributed by atoms with E-state index in [0.717, 1.165) is 12.1 Å². The van der Waals surface area contributed by atoms with Crippen LogP contribution in [0.4, 0.5) is 0 Å². The predicted molar refractivity (Wildman–Crippen MR) is 100 cm³/mol. The highest BCUT2D eigenvalue weighted by Crippen LogP contribution is 2.45. The van der Waals surface area contributed by atoms with Crippen LogP contribution in [0.5, 0.6) is 0 Å². The lowest BCUT2D eigenvalue weighted by Gasteiger charge is -2.04. The number of nitrogens with zero attached hydrogens (tertiary/aromatic N) is 1. The minimum absolute atomic E-state index is 0.0784. The van der Waals surface area contributed by atoms with Gasteiger partial charge >= 0.3 is 0 Å². The van der Waals surface area contributed by atoms with E-state index in [1.54, 1.807) is 0 Å². The fraction of sp³-hybridized carbons (Fsp3) is 0.174. The molecular formula is C23H21NO. The molecule has 0 amide bonds. The van der Waals surface area contributed by atoms with E-state index in [1.807, 2.05) is 67.6 Å². The Kier molecular flexibility index (Phi) is 4.21. The third kappa shape index (κ3) is 3.26. The second-order valence-corrected chi connectivity index (χ2v) is 6.69. The van der Waals surface area contributed by atoms with Gasteiger partial charge < -0.3 is 0 Å². The van der Waals surface area contributed by atoms with E-state index in [2.05, 4.69) is 29.2 Å². The van der Waals surface area contributed by atoms with E-state index >= 15 is 0 Å². The number of benzene rings is 3. The van der Waals surface area contributed by atoms with Crippen LogP contribution in [-0.4, -0.2) is 16.7 Å². The van der Waals surface area contributed by atoms with Crippen LogP contribution in [-0.2, 0) is 6.54 Å². The van der Waals surface area contributed by atoms with Crippen LogP contribution < -0.4 is 0 Å². The van der Waals surface area contributed by atoms with Gasteiger partial charge in [-0.05, 0) is 18.1 Å². The number of Topliss-reactive ketones (excluding diaryl/α,β-unsaturated/α-hetero) is 1. The third-order valence-corrected chi connectivity index (χ3v) is 4.88. The Morgan fingerprint density at radius 3 is 2.08 bits per heavy atom. The van der Waals surface area contributed by atoms with Crippen molar-refractivity contribution in [3.8, 4) is 0 Å². The monoisotopic (exact) mass is 327 g/mol. The van der Waals surface area contributed by atoms with Crippen molar-refractivity contribution in [2.75, 3.05) is 0 Å². The molecule has 0 saturated carbocycles. The van der Waals surface area contributed by atoms with E-state index in [9.17, 15) is 4.79 Å². The highest BCUT2D eigenvalue weighted by Gasteiger charge is 2.52. The topological polar surface area (TPSA) is 20.1 Å². The molecule has 3 aromatic rings. The first-order valence-corrected chi connectivity index (χ1v) is 8.69. The maximum Gasteiger partial charge on any atom is 0.181 e. The summed E-state index contributed by atoms with van der Waals surface area (Å²) in [6.45, 7) is 2.84. The lowest BCUT2D eigenvalue weighted by Crippen LogP contribution is -2.13. The molecule has 0 spiro atoms. The Labute approximate surface area is 148 Å². The Bertz CT molecular complexity index is 856. The van der Waals surface area contributed by atoms with Crippen molar-refractivity contribution < 1.29 is 4.79 Å². The van der Waals surface area contributed by atoms with Gasteiger partial charge in [-0.25, -0.2) is 0 Å². The third-order valence-electron chi connectivity index (χ3n) is 4.88. The molecule has 0 N–H and O–H groups in total. The van der Waals surface area contributed by atoms with Gasteiger partial charge in [0.15, 0.2) is 5.78 Å². The van der Waals surface area contributed by atoms with Gasteiger partial charge in [-0.3, -0.25) is 9.69 Å². The average Bonchev–Trinajstić information content (AvgIpc) is 3.37. The Balaban J connectivity index is 1.61. The molecule has 1 saturated heterocycles. The van der Waals surface area contributed by atoms with Gasteiger partial charge in [-0.2, -0.15) is 0 Å². The zero-order valence-electron chi connectivity index (χ0n) is 14.3. The predicted octanol–water partition coefficient (Wildman–Crippen LogP) is 4.80. The van der Waals surface area contributed by atoms with Crippen molar-refractivity contribution in [1.29, 1.82) is 0 Å². The van der Waals surface area contributed by atoms with Crippen molar-refractivity contribution in [2.45, 2.75) is 25.6 Å². The molecule has 3 aromatic carbocycles. The minimum atomic E-state index is -0.0784. The number of carbonyl (C=O) groups excluding carboxylic acids is 1. The van der Waals surface area contributed by atoms with Gasteiger partial charge in [0.1, 0.15) is 0 Å². The summed E-state index contributed by atoms with van der Waals surface area (Å²) < 4.78 is 0. The summed E-state index contributed by atoms with van der Waals surface area (Å²) in [4.78, 5) is 15.3. The average molecular weight is 327 g/mol. The molecule has 124 valence electrons. The number of rotatable bonds is 5. The smallest absolute Gasteiger partial charge is 0.181 e. The summed E-state index contributed by atoms with van der Waals surface area (Å²) in [5.74, 6) is 0.213. The number of ketones is 1. The van der Waals surface area contributed by atoms with Gasteiger partial charge in [0, 0.05) is 12.1 Å². The lowest BCUT2D eigenvalue weighted by atomic mass is 10.0. The normalized spacial score (nSPS) is 21.7. The van der Waals surface area contributed by atoms with Gasteiger partial charge in [-0.15, -0.1) is 0 Å². The molecule has 25 heavy (non-hydrogen) atoms. The summed E-state index contributed by atoms with van der Waals surface area (Å²) in [7, 11) is 0. The lowest BCUT2D eigenvalue weighted by molar-refractivity contribution is 0.0973. The Morgan fingerprint density at radius 2 is 1.44 bits per heavy atom. The number of aryl methyl sites for hydroxylation is 1. The van der Waals surface area contributed by atoms with E-state index < -0.39 is 0 Å². The fourth-order valence-electron chi connectivity index (χ4n) is 3.47. The van der Waals surface area contributed by atoms with Crippen molar-refractivity contribution in [3.63, 3.8) is 0 Å². The Morgan fingerprint density at radius 1 is 0.840 bits per heavy atom. The van der Waals surface area contributed by atoms with Crippen LogP contribution in [0.25, 0.3) is 0 Å². The van der Waals surface area contributed by atoms with Gasteiger partial charge in [0.2, 0.25) is 0 Å². The number of carbonyl (C=O) groups is 1. The molecule has 2 heteroatoms. The Hall–Kier alpha value is -2.71. The van der Waals surface area contributed by atoms with Crippen LogP contribution in [0.3, 0.4) is 0 Å². The highest BCUT2D eigenvalue weighted by atomic mass is 16.1. The zero-order valence-corrected chi connectivity index (χ0v) is 14.3. The van der Waals surface area contributed by atoms with E-state index in [4.69, 9.17) is 0 Å². The first-order valence-electron chi connectivity index (χ1n) is 8.69. The van der Waals surface area contributed by atoms with Crippen LogP contribution in [0.15, 0.2) is 84.9 Å². The molecule has 1 heterocycles. The SMILES string of the molecule is Cc1ccc(C(=O)[C@H]2[C@@H](c3ccccc3)N2Cc2ccccc2)cc1. The quantitative estimate of drug-likeness (QED) is 0.495. The van der Waals surface area contributed by atoms with Crippen LogP contribution in [0, 0.1) is 6.92 Å². The van der Waals surface area contributed by atoms with Crippen molar-refractivity contribution in [1.82, 2.24) is 4.90 Å². The molecule has 2 nitrogen and oxygen atoms in total. The summed E-state index contributed by atoms with van der Waals surface area (Å²) in [5.41, 5.74) is 4.42. The largest absolute Gasteiger partial charge is 0.292 e. The van der Waals surface area contributed by atoms with Crippen LogP contribution in [0.1, 0.15) is 33.1 Å². The summed E-state index contributed by atoms with van der Waals surface area (Å²) in [6.07, 6.45) is 0. The summed E-state index contributed by atoms with van der Waals surface area (Å²) >= 11 is 0. The molecule has 1 fully saturated rings. The first-order chi connectivity index (χ1) is 12.2. The standard InChI is InChI=1S/C23H21NO/c1-17-12-14-20(15-13-17)23(25)22-21(19-10-6-3-7-11-19)24(22)16-18-8-4-2-5-9-18/h2-15,21-22H,16H2,1H3/t21-,22-,24?/m1/s1. The van der Waals surface area contributed by atoms with Crippen molar-refractivity contribution >= 4 is 5.78 Å². The molecule has 0 radical (unpaired) electrons. The molecule has 1 aliphatic heterocycles. The molecule has 1 unspecified atom stereocenters. The molecule has 4 rings (SSSR count). The van der Waals surface area contributed by atoms with Crippen molar-refractivity contribution in [3.05, 3.63) is 107 Å². The first kappa shape index (κ1) is 15.8. The maximum atomic E-state index is 13.1. The van der Waals surface area contributed by atoms with E-state index in [1.165, 1.54) is 16.7 Å². The summed E-state index contributed by atoms with van der Waals surface area (Å²) in [5, 5.41) is 0. The molecule has 0 aromatic heterocycles. The zero-order chi connectivity index (χ0) is 17.2. The van der Waals surface area contributed by atoms with Gasteiger partial charge in [0.05, 0.1) is 12.1 Å². The minimum Gasteiger partial charge on any atom is -0.292 e. The number of hydrogen-bond donors (Lipinski definition) is 0. The molecule has 1 aliphatic rings. The van der Waals surface area contributed by atoms with Crippen LogP contribution in [0.2, 0.25) is 0 Å². The fourth-order valence-corrected chi connectivity index (χ4v) is 3.47. The van der Waals surface area contributed by atoms with Gasteiger partial charge in [-0.1, -0.05) is 90.5 Å². The molecule has 0 bridgehead atoms. The van der Waals surface area contributed by atoms with Gasteiger partial charge in [0.25, 0.3) is 0 Å². The summed E-state index contributed by atoms with van der Waals surface area (Å²) in [6, 6.07) is 28.7. The molecule has 3 atom stereocenters. The maximum absolute atomic E-state index is 13.1. The van der Waals surface area contributed by atoms with Crippen LogP contribution >= 0.6 is 0 Å². The van der Waals surface area contributed by atoms with Crippen molar-refractivity contribution in [2.24, 2.45) is 0 Å². The molecular weight excluding hydrogens is 306 g/mol. The highest BCUT2D eigenvalue weighted by molar-refractivity contribution is 6.02. The second kappa shape index (κ2) is 6.66.